The van der Waals surface area contributed by atoms with Gasteiger partial charge in [0.1, 0.15) is 0 Å². The van der Waals surface area contributed by atoms with Crippen molar-refractivity contribution >= 4 is 23.5 Å². The van der Waals surface area contributed by atoms with Crippen molar-refractivity contribution < 1.29 is 14.3 Å². The third-order valence-electron chi connectivity index (χ3n) is 4.38. The minimum absolute atomic E-state index is 0.00500. The van der Waals surface area contributed by atoms with Gasteiger partial charge in [-0.1, -0.05) is 36.0 Å². The minimum atomic E-state index is -0.0940. The number of rotatable bonds is 8. The lowest BCUT2D eigenvalue weighted by Crippen LogP contribution is -2.23. The molecule has 2 atom stereocenters. The molecular weight excluding hydrogens is 366 g/mol. The Morgan fingerprint density at radius 1 is 1.37 bits per heavy atom. The van der Waals surface area contributed by atoms with Crippen LogP contribution in [0.5, 0.6) is 0 Å². The second kappa shape index (κ2) is 9.09. The third kappa shape index (κ3) is 5.36. The molecular formula is C18H23N5O3S. The van der Waals surface area contributed by atoms with Crippen LogP contribution in [-0.2, 0) is 16.1 Å². The van der Waals surface area contributed by atoms with Gasteiger partial charge in [0.2, 0.25) is 11.1 Å². The highest BCUT2D eigenvalue weighted by Crippen LogP contribution is 2.20. The van der Waals surface area contributed by atoms with Crippen LogP contribution in [0.3, 0.4) is 0 Å². The molecule has 8 nitrogen and oxygen atoms in total. The molecule has 1 saturated heterocycles. The van der Waals surface area contributed by atoms with Gasteiger partial charge in [0, 0.05) is 19.1 Å². The Labute approximate surface area is 162 Å². The van der Waals surface area contributed by atoms with Crippen LogP contribution in [0.1, 0.15) is 48.7 Å². The number of Topliss-reactive ketones (excluding diaryl/α,β-unsaturated/α-hetero) is 1. The summed E-state index contributed by atoms with van der Waals surface area (Å²) in [6, 6.07) is 7.20. The summed E-state index contributed by atoms with van der Waals surface area (Å²) in [5.74, 6) is 0.178. The highest BCUT2D eigenvalue weighted by atomic mass is 32.2. The molecule has 0 aliphatic carbocycles. The Kier molecular flexibility index (Phi) is 6.57. The molecule has 0 bridgehead atoms. The molecule has 144 valence electrons. The number of thioether (sulfide) groups is 1. The van der Waals surface area contributed by atoms with Gasteiger partial charge in [0.05, 0.1) is 24.4 Å². The number of ether oxygens (including phenoxy) is 1. The molecule has 1 aliphatic rings. The van der Waals surface area contributed by atoms with Gasteiger partial charge in [-0.15, -0.1) is 5.10 Å². The van der Waals surface area contributed by atoms with E-state index in [2.05, 4.69) is 20.8 Å². The predicted octanol–water partition coefficient (Wildman–Crippen LogP) is 2.02. The van der Waals surface area contributed by atoms with E-state index in [1.807, 2.05) is 19.1 Å². The number of nitrogens with one attached hydrogen (secondary N) is 1. The molecule has 2 aromatic rings. The minimum Gasteiger partial charge on any atom is -0.376 e. The zero-order chi connectivity index (χ0) is 19.2. The van der Waals surface area contributed by atoms with Crippen LogP contribution in [0.2, 0.25) is 0 Å². The molecule has 1 N–H and O–H groups in total. The monoisotopic (exact) mass is 389 g/mol. The summed E-state index contributed by atoms with van der Waals surface area (Å²) >= 11 is 1.32. The van der Waals surface area contributed by atoms with E-state index in [0.717, 1.165) is 25.0 Å². The molecule has 1 aliphatic heterocycles. The molecule has 1 aromatic carbocycles. The number of tetrazole rings is 1. The fourth-order valence-electron chi connectivity index (χ4n) is 2.95. The van der Waals surface area contributed by atoms with Crippen LogP contribution in [0.4, 0.5) is 0 Å². The van der Waals surface area contributed by atoms with Gasteiger partial charge in [-0.3, -0.25) is 9.59 Å². The van der Waals surface area contributed by atoms with Crippen molar-refractivity contribution in [1.82, 2.24) is 25.5 Å². The van der Waals surface area contributed by atoms with Gasteiger partial charge < -0.3 is 10.1 Å². The van der Waals surface area contributed by atoms with E-state index in [4.69, 9.17) is 4.74 Å². The molecule has 27 heavy (non-hydrogen) atoms. The van der Waals surface area contributed by atoms with Crippen LogP contribution >= 0.6 is 11.8 Å². The van der Waals surface area contributed by atoms with Crippen LogP contribution in [-0.4, -0.2) is 50.4 Å². The largest absolute Gasteiger partial charge is 0.376 e. The number of nitrogens with zero attached hydrogens (tertiary/aromatic N) is 4. The average Bonchev–Trinajstić information content (AvgIpc) is 3.32. The van der Waals surface area contributed by atoms with Crippen LogP contribution in [0.15, 0.2) is 29.4 Å². The number of benzene rings is 1. The van der Waals surface area contributed by atoms with Gasteiger partial charge >= 0.3 is 0 Å². The smallest absolute Gasteiger partial charge is 0.217 e. The lowest BCUT2D eigenvalue weighted by atomic mass is 10.0. The average molecular weight is 389 g/mol. The Morgan fingerprint density at radius 2 is 2.15 bits per heavy atom. The normalized spacial score (nSPS) is 17.6. The fourth-order valence-corrected chi connectivity index (χ4v) is 3.74. The summed E-state index contributed by atoms with van der Waals surface area (Å²) in [6.45, 7) is 4.78. The molecule has 0 spiro atoms. The molecule has 1 amide bonds. The van der Waals surface area contributed by atoms with Crippen LogP contribution < -0.4 is 5.32 Å². The highest BCUT2D eigenvalue weighted by Gasteiger charge is 2.19. The van der Waals surface area contributed by atoms with Crippen LogP contribution in [0.25, 0.3) is 0 Å². The number of aromatic nitrogens is 4. The highest BCUT2D eigenvalue weighted by molar-refractivity contribution is 7.99. The second-order valence-corrected chi connectivity index (χ2v) is 7.48. The summed E-state index contributed by atoms with van der Waals surface area (Å²) in [5, 5.41) is 15.2. The summed E-state index contributed by atoms with van der Waals surface area (Å²) in [4.78, 5) is 23.6. The molecule has 0 radical (unpaired) electrons. The maximum absolute atomic E-state index is 12.5. The first-order chi connectivity index (χ1) is 13.0. The van der Waals surface area contributed by atoms with Crippen molar-refractivity contribution in [2.24, 2.45) is 0 Å². The van der Waals surface area contributed by atoms with E-state index >= 15 is 0 Å². The maximum atomic E-state index is 12.5. The summed E-state index contributed by atoms with van der Waals surface area (Å²) < 4.78 is 7.31. The Balaban J connectivity index is 1.55. The number of ketones is 1. The van der Waals surface area contributed by atoms with E-state index in [0.29, 0.717) is 17.3 Å². The molecule has 9 heteroatoms. The third-order valence-corrected chi connectivity index (χ3v) is 5.34. The quantitative estimate of drug-likeness (QED) is 0.545. The van der Waals surface area contributed by atoms with Gasteiger partial charge in [-0.2, -0.15) is 0 Å². The summed E-state index contributed by atoms with van der Waals surface area (Å²) in [7, 11) is 0. The van der Waals surface area contributed by atoms with E-state index in [9.17, 15) is 9.59 Å². The number of hydrogen-bond acceptors (Lipinski definition) is 7. The van der Waals surface area contributed by atoms with Crippen molar-refractivity contribution in [1.29, 1.82) is 0 Å². The Hall–Kier alpha value is -2.26. The second-order valence-electron chi connectivity index (χ2n) is 6.53. The molecule has 2 unspecified atom stereocenters. The predicted molar refractivity (Wildman–Crippen MR) is 101 cm³/mol. The summed E-state index contributed by atoms with van der Waals surface area (Å²) in [5.41, 5.74) is 1.58. The lowest BCUT2D eigenvalue weighted by Gasteiger charge is -2.13. The Bertz CT molecular complexity index is 787. The topological polar surface area (TPSA) is 99.0 Å². The standard InChI is InChI=1S/C18H23N5O3S/c1-12(19-13(2)24)14-5-7-15(8-6-14)17(25)11-27-18-20-21-22-23(18)10-16-4-3-9-26-16/h5-8,12,16H,3-4,9-11H2,1-2H3,(H,19,24). The molecule has 2 heterocycles. The first kappa shape index (κ1) is 19.5. The molecule has 1 aromatic heterocycles. The number of carbonyl (C=O) groups excluding carboxylic acids is 2. The molecule has 1 fully saturated rings. The van der Waals surface area contributed by atoms with Gasteiger partial charge in [-0.25, -0.2) is 4.68 Å². The first-order valence-electron chi connectivity index (χ1n) is 8.93. The molecule has 3 rings (SSSR count). The first-order valence-corrected chi connectivity index (χ1v) is 9.92. The zero-order valence-corrected chi connectivity index (χ0v) is 16.2. The SMILES string of the molecule is CC(=O)NC(C)c1ccc(C(=O)CSc2nnnn2CC2CCCO2)cc1. The van der Waals surface area contributed by atoms with Crippen LogP contribution in [0, 0.1) is 0 Å². The number of hydrogen-bond donors (Lipinski definition) is 1. The number of amides is 1. The zero-order valence-electron chi connectivity index (χ0n) is 15.4. The Morgan fingerprint density at radius 3 is 2.81 bits per heavy atom. The van der Waals surface area contributed by atoms with Crippen molar-refractivity contribution in [2.75, 3.05) is 12.4 Å². The van der Waals surface area contributed by atoms with Gasteiger partial charge in [0.25, 0.3) is 0 Å². The van der Waals surface area contributed by atoms with Crippen molar-refractivity contribution in [3.05, 3.63) is 35.4 Å². The fraction of sp³-hybridized carbons (Fsp3) is 0.500. The summed E-state index contributed by atoms with van der Waals surface area (Å²) in [6.07, 6.45) is 2.21. The van der Waals surface area contributed by atoms with Crippen molar-refractivity contribution in [3.8, 4) is 0 Å². The number of carbonyl (C=O) groups is 2. The van der Waals surface area contributed by atoms with E-state index < -0.39 is 0 Å². The maximum Gasteiger partial charge on any atom is 0.217 e. The van der Waals surface area contributed by atoms with Crippen molar-refractivity contribution in [2.45, 2.75) is 50.5 Å². The van der Waals surface area contributed by atoms with E-state index in [1.54, 1.807) is 16.8 Å². The van der Waals surface area contributed by atoms with Crippen molar-refractivity contribution in [3.63, 3.8) is 0 Å². The van der Waals surface area contributed by atoms with Gasteiger partial charge in [-0.05, 0) is 35.8 Å². The van der Waals surface area contributed by atoms with Gasteiger partial charge in [0.15, 0.2) is 5.78 Å². The van der Waals surface area contributed by atoms with E-state index in [1.165, 1.54) is 18.7 Å². The molecule has 0 saturated carbocycles. The van der Waals surface area contributed by atoms with E-state index in [-0.39, 0.29) is 29.6 Å². The lowest BCUT2D eigenvalue weighted by molar-refractivity contribution is -0.119.